The molecule has 0 spiro atoms. The van der Waals surface area contributed by atoms with E-state index in [1.54, 1.807) is 19.1 Å². The number of amides is 1. The average Bonchev–Trinajstić information content (AvgIpc) is 3.19. The van der Waals surface area contributed by atoms with Gasteiger partial charge in [0.15, 0.2) is 0 Å². The quantitative estimate of drug-likeness (QED) is 0.727. The highest BCUT2D eigenvalue weighted by Crippen LogP contribution is 2.24. The number of nitrogens with two attached hydrogens (primary N) is 1. The van der Waals surface area contributed by atoms with Gasteiger partial charge in [-0.15, -0.1) is 0 Å². The van der Waals surface area contributed by atoms with Crippen LogP contribution < -0.4 is 16.6 Å². The number of anilines is 1. The molecule has 0 radical (unpaired) electrons. The second-order valence-corrected chi connectivity index (χ2v) is 5.63. The van der Waals surface area contributed by atoms with Gasteiger partial charge in [-0.05, 0) is 38.1 Å². The Labute approximate surface area is 143 Å². The minimum atomic E-state index is -0.519. The molecule has 0 aliphatic rings. The predicted molar refractivity (Wildman–Crippen MR) is 90.6 cm³/mol. The zero-order valence-electron chi connectivity index (χ0n) is 13.9. The monoisotopic (exact) mass is 342 g/mol. The second-order valence-electron chi connectivity index (χ2n) is 5.63. The molecule has 0 aliphatic carbocycles. The first kappa shape index (κ1) is 16.6. The molecule has 0 saturated carbocycles. The molecule has 0 atom stereocenters. The van der Waals surface area contributed by atoms with Crippen molar-refractivity contribution >= 4 is 11.6 Å². The van der Waals surface area contributed by atoms with Crippen LogP contribution in [-0.4, -0.2) is 15.7 Å². The molecular formula is C17H18N4O4. The van der Waals surface area contributed by atoms with Gasteiger partial charge in [-0.25, -0.2) is 4.68 Å². The zero-order chi connectivity index (χ0) is 18.0. The van der Waals surface area contributed by atoms with Crippen molar-refractivity contribution in [3.8, 4) is 11.3 Å². The molecule has 0 aromatic carbocycles. The number of carbonyl (C=O) groups is 1. The van der Waals surface area contributed by atoms with Gasteiger partial charge in [0.1, 0.15) is 29.5 Å². The maximum atomic E-state index is 12.2. The van der Waals surface area contributed by atoms with E-state index in [1.165, 1.54) is 12.3 Å². The van der Waals surface area contributed by atoms with E-state index < -0.39 is 5.56 Å². The first-order valence-corrected chi connectivity index (χ1v) is 7.68. The molecule has 25 heavy (non-hydrogen) atoms. The van der Waals surface area contributed by atoms with Crippen LogP contribution in [0.3, 0.4) is 0 Å². The molecule has 3 aromatic rings. The van der Waals surface area contributed by atoms with Crippen LogP contribution in [0.1, 0.15) is 17.3 Å². The van der Waals surface area contributed by atoms with Crippen molar-refractivity contribution in [2.75, 3.05) is 5.73 Å². The van der Waals surface area contributed by atoms with Crippen molar-refractivity contribution in [2.24, 2.45) is 0 Å². The van der Waals surface area contributed by atoms with Crippen molar-refractivity contribution in [2.45, 2.75) is 26.9 Å². The summed E-state index contributed by atoms with van der Waals surface area (Å²) in [5.74, 6) is 1.63. The molecule has 0 fully saturated rings. The highest BCUT2D eigenvalue weighted by molar-refractivity contribution is 5.75. The number of furan rings is 2. The van der Waals surface area contributed by atoms with E-state index in [1.807, 2.05) is 13.0 Å². The van der Waals surface area contributed by atoms with Gasteiger partial charge in [0.25, 0.3) is 5.56 Å². The number of nitrogens with zero attached hydrogens (tertiary/aromatic N) is 2. The van der Waals surface area contributed by atoms with Crippen LogP contribution in [0.25, 0.3) is 11.3 Å². The Bertz CT molecular complexity index is 954. The number of aromatic nitrogens is 2. The third-order valence-corrected chi connectivity index (χ3v) is 3.65. The third-order valence-electron chi connectivity index (χ3n) is 3.65. The second kappa shape index (κ2) is 6.68. The third kappa shape index (κ3) is 3.63. The molecule has 8 heteroatoms. The minimum absolute atomic E-state index is 0.0158. The lowest BCUT2D eigenvalue weighted by Gasteiger charge is -2.08. The highest BCUT2D eigenvalue weighted by Gasteiger charge is 2.14. The number of rotatable bonds is 5. The first-order valence-electron chi connectivity index (χ1n) is 7.68. The Morgan fingerprint density at radius 1 is 1.36 bits per heavy atom. The highest BCUT2D eigenvalue weighted by atomic mass is 16.3. The summed E-state index contributed by atoms with van der Waals surface area (Å²) in [4.78, 5) is 24.2. The summed E-state index contributed by atoms with van der Waals surface area (Å²) < 4.78 is 11.7. The van der Waals surface area contributed by atoms with Gasteiger partial charge >= 0.3 is 0 Å². The Morgan fingerprint density at radius 3 is 2.80 bits per heavy atom. The number of aryl methyl sites for hydroxylation is 2. The van der Waals surface area contributed by atoms with Gasteiger partial charge in [0.05, 0.1) is 18.5 Å². The minimum Gasteiger partial charge on any atom is -0.467 e. The largest absolute Gasteiger partial charge is 0.467 e. The molecular weight excluding hydrogens is 324 g/mol. The maximum absolute atomic E-state index is 12.2. The Kier molecular flexibility index (Phi) is 4.42. The molecule has 0 bridgehead atoms. The molecule has 3 aromatic heterocycles. The molecule has 130 valence electrons. The van der Waals surface area contributed by atoms with Crippen molar-refractivity contribution in [1.82, 2.24) is 15.1 Å². The summed E-state index contributed by atoms with van der Waals surface area (Å²) in [7, 11) is 0. The SMILES string of the molecule is Cc1cc(-c2cc(N)c(=O)n(CC(=O)NCc3ccco3)n2)c(C)o1. The van der Waals surface area contributed by atoms with Gasteiger partial charge in [0, 0.05) is 5.56 Å². The van der Waals surface area contributed by atoms with E-state index in [2.05, 4.69) is 10.4 Å². The lowest BCUT2D eigenvalue weighted by Crippen LogP contribution is -2.34. The summed E-state index contributed by atoms with van der Waals surface area (Å²) in [6.45, 7) is 3.60. The molecule has 8 nitrogen and oxygen atoms in total. The fourth-order valence-electron chi connectivity index (χ4n) is 2.48. The number of nitrogen functional groups attached to an aromatic ring is 1. The van der Waals surface area contributed by atoms with Crippen molar-refractivity contribution < 1.29 is 13.6 Å². The smallest absolute Gasteiger partial charge is 0.290 e. The summed E-state index contributed by atoms with van der Waals surface area (Å²) in [6.07, 6.45) is 1.52. The summed E-state index contributed by atoms with van der Waals surface area (Å²) >= 11 is 0. The lowest BCUT2D eigenvalue weighted by molar-refractivity contribution is -0.122. The van der Waals surface area contributed by atoms with E-state index >= 15 is 0 Å². The van der Waals surface area contributed by atoms with E-state index in [4.69, 9.17) is 14.6 Å². The summed E-state index contributed by atoms with van der Waals surface area (Å²) in [5, 5.41) is 6.91. The van der Waals surface area contributed by atoms with Crippen molar-refractivity contribution in [1.29, 1.82) is 0 Å². The van der Waals surface area contributed by atoms with Crippen LogP contribution >= 0.6 is 0 Å². The average molecular weight is 342 g/mol. The zero-order valence-corrected chi connectivity index (χ0v) is 13.9. The van der Waals surface area contributed by atoms with Gasteiger partial charge in [-0.2, -0.15) is 5.10 Å². The van der Waals surface area contributed by atoms with Crippen LogP contribution in [0.2, 0.25) is 0 Å². The number of nitrogens with one attached hydrogen (secondary N) is 1. The standard InChI is InChI=1S/C17H18N4O4/c1-10-6-13(11(2)25-10)15-7-14(18)17(23)21(20-15)9-16(22)19-8-12-4-3-5-24-12/h3-7H,8-9,18H2,1-2H3,(H,19,22). The van der Waals surface area contributed by atoms with Gasteiger partial charge < -0.3 is 19.9 Å². The van der Waals surface area contributed by atoms with Crippen LogP contribution in [0.15, 0.2) is 44.2 Å². The Balaban J connectivity index is 1.82. The molecule has 0 aliphatic heterocycles. The van der Waals surface area contributed by atoms with E-state index in [0.717, 1.165) is 16.0 Å². The van der Waals surface area contributed by atoms with Gasteiger partial charge in [-0.1, -0.05) is 0 Å². The Hall–Kier alpha value is -3.29. The Morgan fingerprint density at radius 2 is 2.16 bits per heavy atom. The van der Waals surface area contributed by atoms with E-state index in [0.29, 0.717) is 17.2 Å². The van der Waals surface area contributed by atoms with Crippen LogP contribution in [0.5, 0.6) is 0 Å². The topological polar surface area (TPSA) is 116 Å². The van der Waals surface area contributed by atoms with Crippen molar-refractivity contribution in [3.63, 3.8) is 0 Å². The number of carbonyl (C=O) groups excluding carboxylic acids is 1. The number of hydrogen-bond donors (Lipinski definition) is 2. The van der Waals surface area contributed by atoms with Crippen LogP contribution in [0, 0.1) is 13.8 Å². The van der Waals surface area contributed by atoms with Gasteiger partial charge in [0.2, 0.25) is 5.91 Å². The fourth-order valence-corrected chi connectivity index (χ4v) is 2.48. The molecule has 0 saturated heterocycles. The molecule has 3 heterocycles. The first-order chi connectivity index (χ1) is 11.9. The van der Waals surface area contributed by atoms with Gasteiger partial charge in [-0.3, -0.25) is 9.59 Å². The number of hydrogen-bond acceptors (Lipinski definition) is 6. The van der Waals surface area contributed by atoms with E-state index in [9.17, 15) is 9.59 Å². The van der Waals surface area contributed by atoms with Crippen LogP contribution in [0.4, 0.5) is 5.69 Å². The molecule has 3 rings (SSSR count). The van der Waals surface area contributed by atoms with E-state index in [-0.39, 0.29) is 24.7 Å². The normalized spacial score (nSPS) is 10.8. The lowest BCUT2D eigenvalue weighted by atomic mass is 10.1. The molecule has 0 unspecified atom stereocenters. The molecule has 1 amide bonds. The predicted octanol–water partition coefficient (Wildman–Crippen LogP) is 1.61. The van der Waals surface area contributed by atoms with Crippen LogP contribution in [-0.2, 0) is 17.9 Å². The summed E-state index contributed by atoms with van der Waals surface area (Å²) in [6, 6.07) is 6.76. The fraction of sp³-hybridized carbons (Fsp3) is 0.235. The summed E-state index contributed by atoms with van der Waals surface area (Å²) in [5.41, 5.74) is 6.50. The maximum Gasteiger partial charge on any atom is 0.290 e. The molecule has 3 N–H and O–H groups in total. The van der Waals surface area contributed by atoms with Crippen molar-refractivity contribution in [3.05, 3.63) is 58.2 Å².